The van der Waals surface area contributed by atoms with Gasteiger partial charge in [0.25, 0.3) is 0 Å². The van der Waals surface area contributed by atoms with Crippen molar-refractivity contribution in [2.24, 2.45) is 5.16 Å². The van der Waals surface area contributed by atoms with Crippen LogP contribution in [-0.4, -0.2) is 24.0 Å². The summed E-state index contributed by atoms with van der Waals surface area (Å²) in [6, 6.07) is 7.21. The molecule has 0 spiro atoms. The van der Waals surface area contributed by atoms with Crippen LogP contribution in [0.5, 0.6) is 0 Å². The predicted octanol–water partition coefficient (Wildman–Crippen LogP) is 1.97. The number of nitrogens with zero attached hydrogens (tertiary/aromatic N) is 1. The first-order valence-corrected chi connectivity index (χ1v) is 5.39. The summed E-state index contributed by atoms with van der Waals surface area (Å²) in [5.41, 5.74) is 1.42. The Morgan fingerprint density at radius 1 is 1.50 bits per heavy atom. The Bertz CT molecular complexity index is 521. The van der Waals surface area contributed by atoms with E-state index in [1.165, 1.54) is 18.4 Å². The monoisotopic (exact) mass is 243 g/mol. The van der Waals surface area contributed by atoms with E-state index in [9.17, 15) is 4.79 Å². The van der Waals surface area contributed by atoms with Crippen molar-refractivity contribution in [1.29, 1.82) is 0 Å². The highest BCUT2D eigenvalue weighted by molar-refractivity contribution is 5.84. The third-order valence-corrected chi connectivity index (χ3v) is 1.95. The van der Waals surface area contributed by atoms with E-state index in [2.05, 4.69) is 17.0 Å². The molecule has 4 nitrogen and oxygen atoms in total. The first-order valence-electron chi connectivity index (χ1n) is 5.39. The quantitative estimate of drug-likeness (QED) is 0.220. The van der Waals surface area contributed by atoms with E-state index < -0.39 is 5.97 Å². The van der Waals surface area contributed by atoms with Crippen LogP contribution < -0.4 is 0 Å². The maximum atomic E-state index is 11.0. The fraction of sp³-hybridized carbons (Fsp3) is 0.143. The molecule has 0 fully saturated rings. The number of carbonyl (C=O) groups excluding carboxylic acids is 1. The van der Waals surface area contributed by atoms with Crippen molar-refractivity contribution in [3.63, 3.8) is 0 Å². The number of carbonyl (C=O) groups is 1. The van der Waals surface area contributed by atoms with Gasteiger partial charge in [-0.2, -0.15) is 0 Å². The van der Waals surface area contributed by atoms with Crippen LogP contribution in [0, 0.1) is 11.8 Å². The van der Waals surface area contributed by atoms with E-state index in [1.54, 1.807) is 19.1 Å². The summed E-state index contributed by atoms with van der Waals surface area (Å²) >= 11 is 0. The number of hydrogen-bond acceptors (Lipinski definition) is 4. The molecule has 1 rings (SSSR count). The number of hydrogen-bond donors (Lipinski definition) is 1. The molecule has 0 saturated carbocycles. The van der Waals surface area contributed by atoms with Gasteiger partial charge in [-0.05, 0) is 19.1 Å². The molecule has 0 radical (unpaired) electrons. The van der Waals surface area contributed by atoms with Crippen molar-refractivity contribution < 1.29 is 14.7 Å². The van der Waals surface area contributed by atoms with Gasteiger partial charge in [0.15, 0.2) is 0 Å². The van der Waals surface area contributed by atoms with Crippen molar-refractivity contribution in [3.8, 4) is 11.8 Å². The zero-order valence-corrected chi connectivity index (χ0v) is 9.96. The maximum absolute atomic E-state index is 11.0. The van der Waals surface area contributed by atoms with Crippen LogP contribution in [0.1, 0.15) is 18.1 Å². The van der Waals surface area contributed by atoms with Crippen molar-refractivity contribution in [1.82, 2.24) is 0 Å². The molecule has 0 aromatic heterocycles. The SMILES string of the molecule is CCOC(=O)/C=C\C#Cc1ccccc1/C=N/O. The summed E-state index contributed by atoms with van der Waals surface area (Å²) in [6.45, 7) is 2.08. The van der Waals surface area contributed by atoms with E-state index in [0.717, 1.165) is 0 Å². The Labute approximate surface area is 106 Å². The highest BCUT2D eigenvalue weighted by Gasteiger charge is 1.94. The van der Waals surface area contributed by atoms with Crippen LogP contribution in [0.2, 0.25) is 0 Å². The average Bonchev–Trinajstić information content (AvgIpc) is 2.37. The Hall–Kier alpha value is -2.54. The van der Waals surface area contributed by atoms with Crippen molar-refractivity contribution in [2.45, 2.75) is 6.92 Å². The van der Waals surface area contributed by atoms with Crippen LogP contribution >= 0.6 is 0 Å². The molecule has 92 valence electrons. The second-order valence-corrected chi connectivity index (χ2v) is 3.19. The zero-order chi connectivity index (χ0) is 13.2. The summed E-state index contributed by atoms with van der Waals surface area (Å²) in [6.07, 6.45) is 3.99. The van der Waals surface area contributed by atoms with Gasteiger partial charge in [0.2, 0.25) is 0 Å². The first kappa shape index (κ1) is 13.5. The molecule has 4 heteroatoms. The standard InChI is InChI=1S/C14H13NO3/c1-2-18-14(16)10-6-5-8-12-7-3-4-9-13(12)11-15-17/h3-4,6-7,9-11,17H,2H2,1H3/b10-6-,15-11+. The Morgan fingerprint density at radius 3 is 3.00 bits per heavy atom. The van der Waals surface area contributed by atoms with Crippen LogP contribution in [0.4, 0.5) is 0 Å². The van der Waals surface area contributed by atoms with Crippen molar-refractivity contribution in [3.05, 3.63) is 47.5 Å². The fourth-order valence-electron chi connectivity index (χ4n) is 1.21. The first-order chi connectivity index (χ1) is 8.77. The molecule has 0 aliphatic rings. The predicted molar refractivity (Wildman–Crippen MR) is 68.5 cm³/mol. The molecular weight excluding hydrogens is 230 g/mol. The number of benzene rings is 1. The van der Waals surface area contributed by atoms with Gasteiger partial charge in [0.05, 0.1) is 12.8 Å². The molecule has 0 amide bonds. The van der Waals surface area contributed by atoms with Gasteiger partial charge >= 0.3 is 5.97 Å². The summed E-state index contributed by atoms with van der Waals surface area (Å²) < 4.78 is 4.71. The number of oxime groups is 1. The van der Waals surface area contributed by atoms with Gasteiger partial charge in [-0.3, -0.25) is 0 Å². The lowest BCUT2D eigenvalue weighted by Crippen LogP contribution is -1.98. The summed E-state index contributed by atoms with van der Waals surface area (Å²) in [4.78, 5) is 11.0. The fourth-order valence-corrected chi connectivity index (χ4v) is 1.21. The highest BCUT2D eigenvalue weighted by atomic mass is 16.5. The Balaban J connectivity index is 2.77. The van der Waals surface area contributed by atoms with E-state index >= 15 is 0 Å². The molecule has 0 aliphatic heterocycles. The maximum Gasteiger partial charge on any atom is 0.331 e. The van der Waals surface area contributed by atoms with E-state index in [-0.39, 0.29) is 0 Å². The number of esters is 1. The summed E-state index contributed by atoms with van der Waals surface area (Å²) in [7, 11) is 0. The molecule has 0 unspecified atom stereocenters. The highest BCUT2D eigenvalue weighted by Crippen LogP contribution is 2.04. The molecule has 0 saturated heterocycles. The lowest BCUT2D eigenvalue weighted by Gasteiger charge is -1.95. The van der Waals surface area contributed by atoms with Crippen LogP contribution in [-0.2, 0) is 9.53 Å². The molecule has 1 aromatic rings. The van der Waals surface area contributed by atoms with Crippen LogP contribution in [0.25, 0.3) is 0 Å². The van der Waals surface area contributed by atoms with E-state index in [1.807, 2.05) is 12.1 Å². The van der Waals surface area contributed by atoms with Crippen molar-refractivity contribution in [2.75, 3.05) is 6.61 Å². The molecule has 18 heavy (non-hydrogen) atoms. The second kappa shape index (κ2) is 7.69. The minimum Gasteiger partial charge on any atom is -0.463 e. The minimum atomic E-state index is -0.419. The largest absolute Gasteiger partial charge is 0.463 e. The molecule has 0 atom stereocenters. The molecule has 0 heterocycles. The van der Waals surface area contributed by atoms with Crippen LogP contribution in [0.15, 0.2) is 41.6 Å². The van der Waals surface area contributed by atoms with E-state index in [4.69, 9.17) is 9.94 Å². The molecular formula is C14H13NO3. The topological polar surface area (TPSA) is 58.9 Å². The van der Waals surface area contributed by atoms with Crippen LogP contribution in [0.3, 0.4) is 0 Å². The lowest BCUT2D eigenvalue weighted by atomic mass is 10.1. The number of allylic oxidation sites excluding steroid dienone is 1. The second-order valence-electron chi connectivity index (χ2n) is 3.19. The van der Waals surface area contributed by atoms with Gasteiger partial charge in [0.1, 0.15) is 0 Å². The lowest BCUT2D eigenvalue weighted by molar-refractivity contribution is -0.137. The number of ether oxygens (including phenoxy) is 1. The van der Waals surface area contributed by atoms with Gasteiger partial charge in [0, 0.05) is 17.2 Å². The number of rotatable bonds is 3. The minimum absolute atomic E-state index is 0.340. The van der Waals surface area contributed by atoms with E-state index in [0.29, 0.717) is 17.7 Å². The molecule has 0 aliphatic carbocycles. The zero-order valence-electron chi connectivity index (χ0n) is 9.96. The normalized spacial score (nSPS) is 10.3. The van der Waals surface area contributed by atoms with Crippen molar-refractivity contribution >= 4 is 12.2 Å². The van der Waals surface area contributed by atoms with Gasteiger partial charge < -0.3 is 9.94 Å². The summed E-state index contributed by atoms with van der Waals surface area (Å²) in [5.74, 6) is 5.14. The molecule has 0 bridgehead atoms. The third-order valence-electron chi connectivity index (χ3n) is 1.95. The molecule has 1 N–H and O–H groups in total. The van der Waals surface area contributed by atoms with Gasteiger partial charge in [-0.15, -0.1) is 0 Å². The smallest absolute Gasteiger partial charge is 0.331 e. The van der Waals surface area contributed by atoms with Gasteiger partial charge in [-0.1, -0.05) is 35.2 Å². The average molecular weight is 243 g/mol. The summed E-state index contributed by atoms with van der Waals surface area (Å²) in [5, 5.41) is 11.5. The Kier molecular flexibility index (Phi) is 5.78. The van der Waals surface area contributed by atoms with Gasteiger partial charge in [-0.25, -0.2) is 4.79 Å². The Morgan fingerprint density at radius 2 is 2.28 bits per heavy atom. The third kappa shape index (κ3) is 4.54. The molecule has 1 aromatic carbocycles.